The number of nitrogens with one attached hydrogen (secondary N) is 1. The third-order valence-electron chi connectivity index (χ3n) is 3.38. The first-order valence-corrected chi connectivity index (χ1v) is 6.58. The Bertz CT molecular complexity index is 141. The molecule has 1 rings (SSSR count). The van der Waals surface area contributed by atoms with Gasteiger partial charge in [-0.2, -0.15) is 0 Å². The maximum atomic E-state index is 5.11. The van der Waals surface area contributed by atoms with E-state index in [1.165, 1.54) is 44.9 Å². The molecule has 0 bridgehead atoms. The number of rotatable bonds is 5. The molecule has 0 heterocycles. The van der Waals surface area contributed by atoms with Crippen LogP contribution in [0.5, 0.6) is 0 Å². The second-order valence-corrected chi connectivity index (χ2v) is 4.89. The standard InChI is InChI=1S/C13H27NO/c1-12(10-11-15-2)14-13-8-6-4-3-5-7-9-13/h12-14H,3-11H2,1-2H3. The Balaban J connectivity index is 2.16. The van der Waals surface area contributed by atoms with Crippen LogP contribution in [0.25, 0.3) is 0 Å². The van der Waals surface area contributed by atoms with E-state index >= 15 is 0 Å². The summed E-state index contributed by atoms with van der Waals surface area (Å²) in [6, 6.07) is 1.37. The van der Waals surface area contributed by atoms with Gasteiger partial charge in [-0.15, -0.1) is 0 Å². The molecular weight excluding hydrogens is 186 g/mol. The molecule has 90 valence electrons. The van der Waals surface area contributed by atoms with Gasteiger partial charge in [-0.3, -0.25) is 0 Å². The van der Waals surface area contributed by atoms with Gasteiger partial charge in [0.05, 0.1) is 0 Å². The maximum Gasteiger partial charge on any atom is 0.0476 e. The average molecular weight is 213 g/mol. The van der Waals surface area contributed by atoms with Crippen LogP contribution < -0.4 is 5.32 Å². The van der Waals surface area contributed by atoms with Crippen molar-refractivity contribution >= 4 is 0 Å². The SMILES string of the molecule is COCCC(C)NC1CCCCCCC1. The second kappa shape index (κ2) is 8.12. The Morgan fingerprint density at radius 1 is 1.13 bits per heavy atom. The summed E-state index contributed by atoms with van der Waals surface area (Å²) in [6.07, 6.45) is 11.0. The van der Waals surface area contributed by atoms with E-state index in [1.54, 1.807) is 7.11 Å². The summed E-state index contributed by atoms with van der Waals surface area (Å²) < 4.78 is 5.11. The fraction of sp³-hybridized carbons (Fsp3) is 1.00. The summed E-state index contributed by atoms with van der Waals surface area (Å²) in [5.41, 5.74) is 0. The first kappa shape index (κ1) is 13.0. The molecule has 0 aromatic rings. The van der Waals surface area contributed by atoms with E-state index in [2.05, 4.69) is 12.2 Å². The van der Waals surface area contributed by atoms with Gasteiger partial charge >= 0.3 is 0 Å². The summed E-state index contributed by atoms with van der Waals surface area (Å²) >= 11 is 0. The zero-order chi connectivity index (χ0) is 10.9. The third-order valence-corrected chi connectivity index (χ3v) is 3.38. The van der Waals surface area contributed by atoms with Crippen LogP contribution in [-0.4, -0.2) is 25.8 Å². The van der Waals surface area contributed by atoms with Crippen molar-refractivity contribution in [2.75, 3.05) is 13.7 Å². The summed E-state index contributed by atoms with van der Waals surface area (Å²) in [4.78, 5) is 0. The minimum absolute atomic E-state index is 0.606. The highest BCUT2D eigenvalue weighted by Gasteiger charge is 2.13. The first-order valence-electron chi connectivity index (χ1n) is 6.58. The van der Waals surface area contributed by atoms with Gasteiger partial charge in [0.25, 0.3) is 0 Å². The van der Waals surface area contributed by atoms with Gasteiger partial charge < -0.3 is 10.1 Å². The number of methoxy groups -OCH3 is 1. The van der Waals surface area contributed by atoms with Crippen molar-refractivity contribution in [3.8, 4) is 0 Å². The van der Waals surface area contributed by atoms with Crippen molar-refractivity contribution in [2.45, 2.75) is 70.4 Å². The van der Waals surface area contributed by atoms with E-state index in [0.717, 1.165) is 19.1 Å². The average Bonchev–Trinajstić information content (AvgIpc) is 2.19. The maximum absolute atomic E-state index is 5.11. The first-order chi connectivity index (χ1) is 7.33. The molecule has 2 nitrogen and oxygen atoms in total. The Hall–Kier alpha value is -0.0800. The van der Waals surface area contributed by atoms with Crippen LogP contribution in [-0.2, 0) is 4.74 Å². The van der Waals surface area contributed by atoms with Gasteiger partial charge in [0.1, 0.15) is 0 Å². The zero-order valence-electron chi connectivity index (χ0n) is 10.4. The van der Waals surface area contributed by atoms with Crippen LogP contribution in [0, 0.1) is 0 Å². The molecule has 15 heavy (non-hydrogen) atoms. The quantitative estimate of drug-likeness (QED) is 0.757. The molecule has 1 aliphatic rings. The van der Waals surface area contributed by atoms with Crippen molar-refractivity contribution in [3.05, 3.63) is 0 Å². The molecule has 1 unspecified atom stereocenters. The summed E-state index contributed by atoms with van der Waals surface area (Å²) in [5.74, 6) is 0. The second-order valence-electron chi connectivity index (χ2n) is 4.89. The Labute approximate surface area is 94.8 Å². The lowest BCUT2D eigenvalue weighted by Crippen LogP contribution is -2.37. The molecule has 1 atom stereocenters. The van der Waals surface area contributed by atoms with Crippen LogP contribution in [0.3, 0.4) is 0 Å². The fourth-order valence-electron chi connectivity index (χ4n) is 2.40. The Morgan fingerprint density at radius 3 is 2.33 bits per heavy atom. The van der Waals surface area contributed by atoms with E-state index in [-0.39, 0.29) is 0 Å². The number of ether oxygens (including phenoxy) is 1. The lowest BCUT2D eigenvalue weighted by molar-refractivity contribution is 0.181. The van der Waals surface area contributed by atoms with Gasteiger partial charge in [0, 0.05) is 25.8 Å². The minimum Gasteiger partial charge on any atom is -0.385 e. The Kier molecular flexibility index (Phi) is 7.03. The van der Waals surface area contributed by atoms with Crippen LogP contribution in [0.15, 0.2) is 0 Å². The van der Waals surface area contributed by atoms with Gasteiger partial charge in [0.2, 0.25) is 0 Å². The molecule has 0 radical (unpaired) electrons. The van der Waals surface area contributed by atoms with Crippen LogP contribution in [0.4, 0.5) is 0 Å². The smallest absolute Gasteiger partial charge is 0.0476 e. The van der Waals surface area contributed by atoms with E-state index in [4.69, 9.17) is 4.74 Å². The van der Waals surface area contributed by atoms with Crippen molar-refractivity contribution in [2.24, 2.45) is 0 Å². The van der Waals surface area contributed by atoms with Gasteiger partial charge in [-0.1, -0.05) is 32.1 Å². The molecule has 1 fully saturated rings. The lowest BCUT2D eigenvalue weighted by Gasteiger charge is -2.25. The van der Waals surface area contributed by atoms with E-state index < -0.39 is 0 Å². The van der Waals surface area contributed by atoms with E-state index in [0.29, 0.717) is 6.04 Å². The monoisotopic (exact) mass is 213 g/mol. The largest absolute Gasteiger partial charge is 0.385 e. The van der Waals surface area contributed by atoms with Crippen molar-refractivity contribution in [1.82, 2.24) is 5.32 Å². The molecule has 0 amide bonds. The van der Waals surface area contributed by atoms with Crippen LogP contribution in [0.2, 0.25) is 0 Å². The highest BCUT2D eigenvalue weighted by Crippen LogP contribution is 2.17. The predicted molar refractivity (Wildman–Crippen MR) is 65.2 cm³/mol. The van der Waals surface area contributed by atoms with E-state index in [1.807, 2.05) is 0 Å². The summed E-state index contributed by atoms with van der Waals surface area (Å²) in [6.45, 7) is 3.15. The molecule has 0 saturated heterocycles. The molecule has 1 aliphatic carbocycles. The topological polar surface area (TPSA) is 21.3 Å². The van der Waals surface area contributed by atoms with Gasteiger partial charge in [-0.25, -0.2) is 0 Å². The highest BCUT2D eigenvalue weighted by atomic mass is 16.5. The van der Waals surface area contributed by atoms with E-state index in [9.17, 15) is 0 Å². The highest BCUT2D eigenvalue weighted by molar-refractivity contribution is 4.73. The van der Waals surface area contributed by atoms with Gasteiger partial charge in [-0.05, 0) is 26.2 Å². The molecular formula is C13H27NO. The molecule has 1 N–H and O–H groups in total. The predicted octanol–water partition coefficient (Wildman–Crippen LogP) is 3.11. The zero-order valence-corrected chi connectivity index (χ0v) is 10.4. The third kappa shape index (κ3) is 6.16. The van der Waals surface area contributed by atoms with Crippen molar-refractivity contribution < 1.29 is 4.74 Å². The molecule has 0 aliphatic heterocycles. The van der Waals surface area contributed by atoms with Crippen LogP contribution >= 0.6 is 0 Å². The molecule has 0 aromatic heterocycles. The van der Waals surface area contributed by atoms with Gasteiger partial charge in [0.15, 0.2) is 0 Å². The van der Waals surface area contributed by atoms with Crippen molar-refractivity contribution in [1.29, 1.82) is 0 Å². The molecule has 2 heteroatoms. The van der Waals surface area contributed by atoms with Crippen molar-refractivity contribution in [3.63, 3.8) is 0 Å². The number of hydrogen-bond acceptors (Lipinski definition) is 2. The normalized spacial score (nSPS) is 22.0. The number of hydrogen-bond donors (Lipinski definition) is 1. The molecule has 0 spiro atoms. The molecule has 1 saturated carbocycles. The Morgan fingerprint density at radius 2 is 1.73 bits per heavy atom. The summed E-state index contributed by atoms with van der Waals surface area (Å²) in [5, 5.41) is 3.74. The van der Waals surface area contributed by atoms with Crippen LogP contribution in [0.1, 0.15) is 58.3 Å². The lowest BCUT2D eigenvalue weighted by atomic mass is 9.96. The molecule has 0 aromatic carbocycles. The summed E-state index contributed by atoms with van der Waals surface area (Å²) in [7, 11) is 1.78. The fourth-order valence-corrected chi connectivity index (χ4v) is 2.40. The minimum atomic E-state index is 0.606.